The highest BCUT2D eigenvalue weighted by atomic mass is 16.4. The highest BCUT2D eigenvalue weighted by Crippen LogP contribution is 2.50. The van der Waals surface area contributed by atoms with Gasteiger partial charge in [-0.1, -0.05) is 36.8 Å². The molecule has 16 heavy (non-hydrogen) atoms. The van der Waals surface area contributed by atoms with Crippen molar-refractivity contribution < 1.29 is 9.90 Å². The molecule has 3 heteroatoms. The molecule has 1 aliphatic rings. The Bertz CT molecular complexity index is 371. The summed E-state index contributed by atoms with van der Waals surface area (Å²) in [6.45, 7) is 0. The fourth-order valence-electron chi connectivity index (χ4n) is 2.59. The maximum absolute atomic E-state index is 11.4. The van der Waals surface area contributed by atoms with E-state index in [0.717, 1.165) is 24.8 Å². The first-order valence-electron chi connectivity index (χ1n) is 5.66. The van der Waals surface area contributed by atoms with Crippen LogP contribution in [0.25, 0.3) is 0 Å². The van der Waals surface area contributed by atoms with Crippen LogP contribution in [0.15, 0.2) is 30.3 Å². The third kappa shape index (κ3) is 1.61. The van der Waals surface area contributed by atoms with Crippen molar-refractivity contribution in [1.82, 2.24) is 5.32 Å². The Hall–Kier alpha value is -1.35. The number of carboxylic acid groups (broad SMARTS) is 1. The molecule has 1 aliphatic carbocycles. The minimum Gasteiger partial charge on any atom is -0.481 e. The van der Waals surface area contributed by atoms with E-state index in [9.17, 15) is 9.90 Å². The monoisotopic (exact) mass is 219 g/mol. The SMILES string of the molecule is CNC(c1ccccc1)C1(C(=O)O)CCC1. The Balaban J connectivity index is 2.32. The van der Waals surface area contributed by atoms with Crippen LogP contribution in [0.5, 0.6) is 0 Å². The van der Waals surface area contributed by atoms with Crippen LogP contribution < -0.4 is 5.32 Å². The molecular weight excluding hydrogens is 202 g/mol. The Labute approximate surface area is 95.5 Å². The smallest absolute Gasteiger partial charge is 0.311 e. The van der Waals surface area contributed by atoms with Crippen LogP contribution in [0.2, 0.25) is 0 Å². The van der Waals surface area contributed by atoms with Gasteiger partial charge in [0.1, 0.15) is 0 Å². The van der Waals surface area contributed by atoms with E-state index in [4.69, 9.17) is 0 Å². The zero-order valence-corrected chi connectivity index (χ0v) is 9.44. The number of hydrogen-bond donors (Lipinski definition) is 2. The van der Waals surface area contributed by atoms with Crippen molar-refractivity contribution in [2.75, 3.05) is 7.05 Å². The summed E-state index contributed by atoms with van der Waals surface area (Å²) in [5, 5.41) is 12.6. The van der Waals surface area contributed by atoms with Gasteiger partial charge in [0.25, 0.3) is 0 Å². The molecule has 0 aliphatic heterocycles. The highest BCUT2D eigenvalue weighted by molar-refractivity contribution is 5.77. The summed E-state index contributed by atoms with van der Waals surface area (Å²) in [5.74, 6) is -0.679. The molecule has 1 atom stereocenters. The lowest BCUT2D eigenvalue weighted by Crippen LogP contribution is -2.47. The van der Waals surface area contributed by atoms with Gasteiger partial charge in [-0.3, -0.25) is 4.79 Å². The van der Waals surface area contributed by atoms with Crippen molar-refractivity contribution in [3.05, 3.63) is 35.9 Å². The van der Waals surface area contributed by atoms with E-state index in [1.807, 2.05) is 37.4 Å². The number of aliphatic carboxylic acids is 1. The van der Waals surface area contributed by atoms with Gasteiger partial charge in [-0.2, -0.15) is 0 Å². The zero-order valence-electron chi connectivity index (χ0n) is 9.44. The van der Waals surface area contributed by atoms with Crippen LogP contribution in [0.3, 0.4) is 0 Å². The standard InChI is InChI=1S/C13H17NO2/c1-14-11(10-6-3-2-4-7-10)13(12(15)16)8-5-9-13/h2-4,6-7,11,14H,5,8-9H2,1H3,(H,15,16). The fourth-order valence-corrected chi connectivity index (χ4v) is 2.59. The normalized spacial score (nSPS) is 19.8. The minimum absolute atomic E-state index is 0.0834. The third-order valence-corrected chi connectivity index (χ3v) is 3.65. The number of nitrogens with one attached hydrogen (secondary N) is 1. The molecule has 2 N–H and O–H groups in total. The van der Waals surface area contributed by atoms with Crippen LogP contribution >= 0.6 is 0 Å². The van der Waals surface area contributed by atoms with Gasteiger partial charge in [-0.15, -0.1) is 0 Å². The van der Waals surface area contributed by atoms with Crippen molar-refractivity contribution >= 4 is 5.97 Å². The first-order valence-corrected chi connectivity index (χ1v) is 5.66. The van der Waals surface area contributed by atoms with E-state index in [1.54, 1.807) is 0 Å². The molecule has 0 radical (unpaired) electrons. The predicted molar refractivity (Wildman–Crippen MR) is 62.2 cm³/mol. The van der Waals surface area contributed by atoms with Crippen LogP contribution in [0.4, 0.5) is 0 Å². The average Bonchev–Trinajstić information content (AvgIpc) is 2.23. The van der Waals surface area contributed by atoms with E-state index < -0.39 is 11.4 Å². The van der Waals surface area contributed by atoms with Crippen LogP contribution in [-0.2, 0) is 4.79 Å². The average molecular weight is 219 g/mol. The van der Waals surface area contributed by atoms with Crippen LogP contribution in [-0.4, -0.2) is 18.1 Å². The van der Waals surface area contributed by atoms with E-state index in [1.165, 1.54) is 0 Å². The Morgan fingerprint density at radius 1 is 1.38 bits per heavy atom. The van der Waals surface area contributed by atoms with E-state index in [0.29, 0.717) is 0 Å². The molecule has 0 saturated heterocycles. The number of benzene rings is 1. The van der Waals surface area contributed by atoms with Crippen molar-refractivity contribution in [3.63, 3.8) is 0 Å². The molecule has 1 aromatic rings. The highest BCUT2D eigenvalue weighted by Gasteiger charge is 2.50. The van der Waals surface area contributed by atoms with Crippen molar-refractivity contribution in [3.8, 4) is 0 Å². The van der Waals surface area contributed by atoms with Gasteiger partial charge < -0.3 is 10.4 Å². The second kappa shape index (κ2) is 4.26. The number of rotatable bonds is 4. The van der Waals surface area contributed by atoms with Crippen LogP contribution in [0.1, 0.15) is 30.9 Å². The number of hydrogen-bond acceptors (Lipinski definition) is 2. The topological polar surface area (TPSA) is 49.3 Å². The van der Waals surface area contributed by atoms with Crippen molar-refractivity contribution in [2.45, 2.75) is 25.3 Å². The van der Waals surface area contributed by atoms with Gasteiger partial charge in [0.15, 0.2) is 0 Å². The molecule has 2 rings (SSSR count). The third-order valence-electron chi connectivity index (χ3n) is 3.65. The fraction of sp³-hybridized carbons (Fsp3) is 0.462. The molecule has 0 aromatic heterocycles. The lowest BCUT2D eigenvalue weighted by molar-refractivity contribution is -0.157. The van der Waals surface area contributed by atoms with Crippen molar-refractivity contribution in [1.29, 1.82) is 0 Å². The largest absolute Gasteiger partial charge is 0.481 e. The molecule has 86 valence electrons. The molecule has 1 unspecified atom stereocenters. The molecule has 1 saturated carbocycles. The van der Waals surface area contributed by atoms with E-state index in [2.05, 4.69) is 5.32 Å². The molecule has 3 nitrogen and oxygen atoms in total. The summed E-state index contributed by atoms with van der Waals surface area (Å²) in [7, 11) is 1.83. The van der Waals surface area contributed by atoms with Gasteiger partial charge in [0.2, 0.25) is 0 Å². The number of carbonyl (C=O) groups is 1. The number of carboxylic acids is 1. The van der Waals surface area contributed by atoms with Gasteiger partial charge in [-0.25, -0.2) is 0 Å². The zero-order chi connectivity index (χ0) is 11.6. The summed E-state index contributed by atoms with van der Waals surface area (Å²) >= 11 is 0. The Morgan fingerprint density at radius 3 is 2.38 bits per heavy atom. The van der Waals surface area contributed by atoms with Crippen molar-refractivity contribution in [2.24, 2.45) is 5.41 Å². The van der Waals surface area contributed by atoms with Crippen LogP contribution in [0, 0.1) is 5.41 Å². The lowest BCUT2D eigenvalue weighted by atomic mass is 9.62. The summed E-state index contributed by atoms with van der Waals surface area (Å²) in [6.07, 6.45) is 2.54. The maximum atomic E-state index is 11.4. The maximum Gasteiger partial charge on any atom is 0.311 e. The lowest BCUT2D eigenvalue weighted by Gasteiger charge is -2.44. The molecule has 0 heterocycles. The summed E-state index contributed by atoms with van der Waals surface area (Å²) in [4.78, 5) is 11.4. The van der Waals surface area contributed by atoms with Gasteiger partial charge in [0, 0.05) is 6.04 Å². The van der Waals surface area contributed by atoms with E-state index in [-0.39, 0.29) is 6.04 Å². The predicted octanol–water partition coefficient (Wildman–Crippen LogP) is 2.20. The van der Waals surface area contributed by atoms with Gasteiger partial charge >= 0.3 is 5.97 Å². The molecular formula is C13H17NO2. The second-order valence-electron chi connectivity index (χ2n) is 4.45. The first kappa shape index (κ1) is 11.1. The quantitative estimate of drug-likeness (QED) is 0.816. The second-order valence-corrected chi connectivity index (χ2v) is 4.45. The summed E-state index contributed by atoms with van der Waals surface area (Å²) in [6, 6.07) is 9.75. The van der Waals surface area contributed by atoms with E-state index >= 15 is 0 Å². The Morgan fingerprint density at radius 2 is 2.00 bits per heavy atom. The Kier molecular flexibility index (Phi) is 2.97. The molecule has 0 amide bonds. The summed E-state index contributed by atoms with van der Waals surface area (Å²) in [5.41, 5.74) is 0.461. The molecule has 1 aromatic carbocycles. The molecule has 0 bridgehead atoms. The van der Waals surface area contributed by atoms with Gasteiger partial charge in [-0.05, 0) is 25.5 Å². The first-order chi connectivity index (χ1) is 7.70. The minimum atomic E-state index is -0.679. The molecule has 0 spiro atoms. The molecule has 1 fully saturated rings. The van der Waals surface area contributed by atoms with Gasteiger partial charge in [0.05, 0.1) is 5.41 Å². The summed E-state index contributed by atoms with van der Waals surface area (Å²) < 4.78 is 0.